The summed E-state index contributed by atoms with van der Waals surface area (Å²) in [5.41, 5.74) is 0.737. The molecule has 0 aliphatic carbocycles. The van der Waals surface area contributed by atoms with Gasteiger partial charge in [0, 0.05) is 21.7 Å². The molecule has 1 atom stereocenters. The molecule has 1 aliphatic heterocycles. The van der Waals surface area contributed by atoms with Crippen LogP contribution < -0.4 is 0 Å². The molecule has 0 saturated carbocycles. The molecule has 20 heavy (non-hydrogen) atoms. The molecule has 1 fully saturated rings. The number of likely N-dealkylation sites (tertiary alicyclic amines) is 1. The molecule has 0 spiro atoms. The average Bonchev–Trinajstić information content (AvgIpc) is 2.66. The summed E-state index contributed by atoms with van der Waals surface area (Å²) in [6, 6.07) is 5.53. The average molecular weight is 406 g/mol. The van der Waals surface area contributed by atoms with Crippen molar-refractivity contribution in [2.24, 2.45) is 11.8 Å². The second-order valence-electron chi connectivity index (χ2n) is 5.85. The summed E-state index contributed by atoms with van der Waals surface area (Å²) in [7, 11) is 0. The van der Waals surface area contributed by atoms with Gasteiger partial charge in [-0.25, -0.2) is 0 Å². The zero-order valence-corrected chi connectivity index (χ0v) is 14.9. The second kappa shape index (κ2) is 7.12. The molecule has 1 heterocycles. The van der Waals surface area contributed by atoms with Gasteiger partial charge in [-0.3, -0.25) is 4.79 Å². The Bertz CT molecular complexity index is 489. The highest BCUT2D eigenvalue weighted by Gasteiger charge is 2.24. The Kier molecular flexibility index (Phi) is 5.73. The van der Waals surface area contributed by atoms with Crippen molar-refractivity contribution in [3.05, 3.63) is 32.4 Å². The number of hydrogen-bond acceptors (Lipinski definition) is 1. The van der Waals surface area contributed by atoms with Gasteiger partial charge in [0.1, 0.15) is 0 Å². The molecule has 1 amide bonds. The lowest BCUT2D eigenvalue weighted by Gasteiger charge is -2.22. The van der Waals surface area contributed by atoms with E-state index in [9.17, 15) is 4.79 Å². The molecule has 1 saturated heterocycles. The molecule has 0 N–H and O–H groups in total. The topological polar surface area (TPSA) is 20.3 Å². The van der Waals surface area contributed by atoms with Crippen LogP contribution in [-0.2, 0) is 0 Å². The highest BCUT2D eigenvalue weighted by Crippen LogP contribution is 2.26. The maximum Gasteiger partial charge on any atom is 0.254 e. The summed E-state index contributed by atoms with van der Waals surface area (Å²) in [6.07, 6.45) is 3.44. The fourth-order valence-electron chi connectivity index (χ4n) is 2.82. The van der Waals surface area contributed by atoms with E-state index in [1.807, 2.05) is 17.0 Å². The Hall–Kier alpha value is -0.290. The molecule has 4 heteroatoms. The van der Waals surface area contributed by atoms with Gasteiger partial charge < -0.3 is 4.90 Å². The van der Waals surface area contributed by atoms with Gasteiger partial charge in [-0.15, -0.1) is 0 Å². The van der Waals surface area contributed by atoms with E-state index in [1.165, 1.54) is 6.42 Å². The number of benzene rings is 1. The smallest absolute Gasteiger partial charge is 0.254 e. The van der Waals surface area contributed by atoms with E-state index in [0.29, 0.717) is 10.9 Å². The van der Waals surface area contributed by atoms with Crippen LogP contribution in [0.5, 0.6) is 0 Å². The zero-order chi connectivity index (χ0) is 14.7. The van der Waals surface area contributed by atoms with Crippen LogP contribution in [0.15, 0.2) is 18.2 Å². The molecule has 0 radical (unpaired) electrons. The van der Waals surface area contributed by atoms with Gasteiger partial charge in [-0.2, -0.15) is 0 Å². The van der Waals surface area contributed by atoms with E-state index in [-0.39, 0.29) is 5.91 Å². The van der Waals surface area contributed by atoms with E-state index >= 15 is 0 Å². The molecule has 110 valence electrons. The standard InChI is InChI=1S/C16H21ClINO/c1-11(2)12-4-3-8-19(9-7-12)16(20)14-10-13(17)5-6-15(14)18/h5-6,10-12H,3-4,7-9H2,1-2H3. The number of rotatable bonds is 2. The van der Waals surface area contributed by atoms with Crippen molar-refractivity contribution < 1.29 is 4.79 Å². The molecule has 2 rings (SSSR count). The number of halogens is 2. The summed E-state index contributed by atoms with van der Waals surface area (Å²) < 4.78 is 0.974. The number of carbonyl (C=O) groups is 1. The first-order valence-corrected chi connectivity index (χ1v) is 8.69. The Morgan fingerprint density at radius 1 is 1.35 bits per heavy atom. The minimum Gasteiger partial charge on any atom is -0.339 e. The fourth-order valence-corrected chi connectivity index (χ4v) is 3.56. The van der Waals surface area contributed by atoms with Gasteiger partial charge >= 0.3 is 0 Å². The van der Waals surface area contributed by atoms with Crippen LogP contribution in [0.3, 0.4) is 0 Å². The summed E-state index contributed by atoms with van der Waals surface area (Å²) in [6.45, 7) is 6.29. The molecule has 0 aromatic heterocycles. The Morgan fingerprint density at radius 3 is 2.80 bits per heavy atom. The maximum absolute atomic E-state index is 12.7. The lowest BCUT2D eigenvalue weighted by molar-refractivity contribution is 0.0757. The third-order valence-corrected chi connectivity index (χ3v) is 5.34. The molecule has 1 aliphatic rings. The van der Waals surface area contributed by atoms with Crippen molar-refractivity contribution in [3.63, 3.8) is 0 Å². The molecule has 0 bridgehead atoms. The third-order valence-electron chi connectivity index (χ3n) is 4.16. The molecule has 1 aromatic carbocycles. The van der Waals surface area contributed by atoms with E-state index in [4.69, 9.17) is 11.6 Å². The fraction of sp³-hybridized carbons (Fsp3) is 0.562. The van der Waals surface area contributed by atoms with Crippen LogP contribution in [0.1, 0.15) is 43.5 Å². The van der Waals surface area contributed by atoms with Crippen molar-refractivity contribution in [1.82, 2.24) is 4.90 Å². The Labute approximate surface area is 140 Å². The SMILES string of the molecule is CC(C)C1CCCN(C(=O)c2cc(Cl)ccc2I)CC1. The van der Waals surface area contributed by atoms with Crippen molar-refractivity contribution in [3.8, 4) is 0 Å². The van der Waals surface area contributed by atoms with Crippen LogP contribution in [0.25, 0.3) is 0 Å². The minimum absolute atomic E-state index is 0.126. The van der Waals surface area contributed by atoms with E-state index in [2.05, 4.69) is 36.4 Å². The van der Waals surface area contributed by atoms with Gasteiger partial charge in [-0.05, 0) is 71.9 Å². The largest absolute Gasteiger partial charge is 0.339 e. The van der Waals surface area contributed by atoms with Crippen LogP contribution in [-0.4, -0.2) is 23.9 Å². The number of carbonyl (C=O) groups excluding carboxylic acids is 1. The first-order valence-electron chi connectivity index (χ1n) is 7.23. The summed E-state index contributed by atoms with van der Waals surface area (Å²) in [5, 5.41) is 0.628. The number of nitrogens with zero attached hydrogens (tertiary/aromatic N) is 1. The molecular weight excluding hydrogens is 385 g/mol. The Balaban J connectivity index is 2.11. The molecule has 2 nitrogen and oxygen atoms in total. The lowest BCUT2D eigenvalue weighted by atomic mass is 9.89. The van der Waals surface area contributed by atoms with Crippen molar-refractivity contribution in [1.29, 1.82) is 0 Å². The maximum atomic E-state index is 12.7. The number of amides is 1. The van der Waals surface area contributed by atoms with Gasteiger partial charge in [0.25, 0.3) is 5.91 Å². The van der Waals surface area contributed by atoms with Crippen molar-refractivity contribution in [2.75, 3.05) is 13.1 Å². The third kappa shape index (κ3) is 3.88. The van der Waals surface area contributed by atoms with Crippen molar-refractivity contribution >= 4 is 40.1 Å². The van der Waals surface area contributed by atoms with Crippen LogP contribution >= 0.6 is 34.2 Å². The normalized spacial score (nSPS) is 20.1. The first-order chi connectivity index (χ1) is 9.49. The van der Waals surface area contributed by atoms with Gasteiger partial charge in [0.2, 0.25) is 0 Å². The van der Waals surface area contributed by atoms with Gasteiger partial charge in [-0.1, -0.05) is 25.4 Å². The van der Waals surface area contributed by atoms with E-state index < -0.39 is 0 Å². The highest BCUT2D eigenvalue weighted by molar-refractivity contribution is 14.1. The summed E-state index contributed by atoms with van der Waals surface area (Å²) >= 11 is 8.23. The summed E-state index contributed by atoms with van der Waals surface area (Å²) in [5.74, 6) is 1.57. The predicted octanol–water partition coefficient (Wildman–Crippen LogP) is 4.84. The minimum atomic E-state index is 0.126. The lowest BCUT2D eigenvalue weighted by Crippen LogP contribution is -2.32. The highest BCUT2D eigenvalue weighted by atomic mass is 127. The van der Waals surface area contributed by atoms with Crippen molar-refractivity contribution in [2.45, 2.75) is 33.1 Å². The quantitative estimate of drug-likeness (QED) is 0.645. The molecular formula is C16H21ClINO. The predicted molar refractivity (Wildman–Crippen MR) is 92.3 cm³/mol. The first kappa shape index (κ1) is 16.1. The Morgan fingerprint density at radius 2 is 2.10 bits per heavy atom. The summed E-state index contributed by atoms with van der Waals surface area (Å²) in [4.78, 5) is 14.7. The van der Waals surface area contributed by atoms with Crippen LogP contribution in [0.4, 0.5) is 0 Å². The van der Waals surface area contributed by atoms with Crippen LogP contribution in [0, 0.1) is 15.4 Å². The molecule has 1 aromatic rings. The monoisotopic (exact) mass is 405 g/mol. The van der Waals surface area contributed by atoms with Gasteiger partial charge in [0.05, 0.1) is 5.56 Å². The van der Waals surface area contributed by atoms with Crippen LogP contribution in [0.2, 0.25) is 5.02 Å². The van der Waals surface area contributed by atoms with E-state index in [1.54, 1.807) is 6.07 Å². The molecule has 1 unspecified atom stereocenters. The number of hydrogen-bond donors (Lipinski definition) is 0. The second-order valence-corrected chi connectivity index (χ2v) is 7.45. The zero-order valence-electron chi connectivity index (χ0n) is 12.0. The van der Waals surface area contributed by atoms with E-state index in [0.717, 1.165) is 41.0 Å². The van der Waals surface area contributed by atoms with Gasteiger partial charge in [0.15, 0.2) is 0 Å².